The molecule has 0 atom stereocenters. The number of quaternary nitrogens is 1. The summed E-state index contributed by atoms with van der Waals surface area (Å²) in [6, 6.07) is 6.95. The first kappa shape index (κ1) is 24.6. The lowest BCUT2D eigenvalue weighted by Crippen LogP contribution is -2.62. The summed E-state index contributed by atoms with van der Waals surface area (Å²) in [6.07, 6.45) is 1.79. The number of hydrogen-bond acceptors (Lipinski definition) is 7. The largest absolute Gasteiger partial charge is 0.624 e. The van der Waals surface area contributed by atoms with Gasteiger partial charge in [-0.1, -0.05) is 13.3 Å². The maximum atomic E-state index is 13.5. The van der Waals surface area contributed by atoms with Crippen LogP contribution in [0.2, 0.25) is 0 Å². The SMILES string of the molecule is CCCc1nc(OC)c(N(C)C(=O)[N+]2([O-])CCN(c3cc(OC)cc(OC)c3)CC2)cc1C. The van der Waals surface area contributed by atoms with E-state index in [1.165, 1.54) is 12.0 Å². The fraction of sp³-hybridized carbons (Fsp3) is 0.500. The van der Waals surface area contributed by atoms with Crippen molar-refractivity contribution < 1.29 is 23.7 Å². The Bertz CT molecular complexity index is 967. The van der Waals surface area contributed by atoms with Crippen molar-refractivity contribution in [1.29, 1.82) is 0 Å². The highest BCUT2D eigenvalue weighted by Crippen LogP contribution is 2.32. The third kappa shape index (κ3) is 5.15. The number of aryl methyl sites for hydroxylation is 2. The standard InChI is InChI=1S/C24H34N4O5/c1-7-8-21-17(2)13-22(23(25-21)33-6)26(3)24(29)28(30)11-9-27(10-12-28)18-14-19(31-4)16-20(15-18)32-5/h13-16H,7-12H2,1-6H3. The van der Waals surface area contributed by atoms with Gasteiger partial charge in [0.25, 0.3) is 0 Å². The summed E-state index contributed by atoms with van der Waals surface area (Å²) in [6.45, 7) is 5.18. The minimum atomic E-state index is -0.937. The van der Waals surface area contributed by atoms with Crippen molar-refractivity contribution in [3.8, 4) is 17.4 Å². The summed E-state index contributed by atoms with van der Waals surface area (Å²) in [5, 5.41) is 13.5. The third-order valence-corrected chi connectivity index (χ3v) is 6.10. The van der Waals surface area contributed by atoms with Crippen molar-refractivity contribution in [3.63, 3.8) is 0 Å². The summed E-state index contributed by atoms with van der Waals surface area (Å²) in [5.74, 6) is 1.71. The van der Waals surface area contributed by atoms with E-state index in [-0.39, 0.29) is 13.1 Å². The van der Waals surface area contributed by atoms with E-state index in [1.807, 2.05) is 25.1 Å². The number of benzene rings is 1. The molecule has 33 heavy (non-hydrogen) atoms. The molecule has 2 heterocycles. The van der Waals surface area contributed by atoms with Gasteiger partial charge in [-0.2, -0.15) is 0 Å². The third-order valence-electron chi connectivity index (χ3n) is 6.10. The Morgan fingerprint density at radius 2 is 1.70 bits per heavy atom. The van der Waals surface area contributed by atoms with Crippen molar-refractivity contribution in [2.24, 2.45) is 0 Å². The van der Waals surface area contributed by atoms with Crippen molar-refractivity contribution >= 4 is 17.4 Å². The minimum Gasteiger partial charge on any atom is -0.624 e. The number of hydrogen-bond donors (Lipinski definition) is 0. The Morgan fingerprint density at radius 1 is 1.09 bits per heavy atom. The molecule has 1 aliphatic heterocycles. The zero-order chi connectivity index (χ0) is 24.2. The zero-order valence-electron chi connectivity index (χ0n) is 20.4. The molecule has 1 aliphatic rings. The Morgan fingerprint density at radius 3 is 2.21 bits per heavy atom. The van der Waals surface area contributed by atoms with E-state index in [9.17, 15) is 10.0 Å². The molecule has 0 spiro atoms. The van der Waals surface area contributed by atoms with Gasteiger partial charge in [0.05, 0.1) is 34.4 Å². The van der Waals surface area contributed by atoms with E-state index in [1.54, 1.807) is 27.3 Å². The normalized spacial score (nSPS) is 15.2. The van der Waals surface area contributed by atoms with Crippen LogP contribution in [0.4, 0.5) is 16.2 Å². The van der Waals surface area contributed by atoms with E-state index in [4.69, 9.17) is 14.2 Å². The zero-order valence-corrected chi connectivity index (χ0v) is 20.4. The van der Waals surface area contributed by atoms with E-state index in [0.717, 1.165) is 29.8 Å². The van der Waals surface area contributed by atoms with Gasteiger partial charge in [0, 0.05) is 36.6 Å². The van der Waals surface area contributed by atoms with Crippen LogP contribution in [-0.2, 0) is 6.42 Å². The second-order valence-electron chi connectivity index (χ2n) is 8.27. The van der Waals surface area contributed by atoms with Gasteiger partial charge in [0.2, 0.25) is 5.88 Å². The number of anilines is 2. The fourth-order valence-corrected chi connectivity index (χ4v) is 4.09. The molecule has 1 fully saturated rings. The summed E-state index contributed by atoms with van der Waals surface area (Å²) in [4.78, 5) is 21.3. The molecule has 0 bridgehead atoms. The van der Waals surface area contributed by atoms with Crippen molar-refractivity contribution in [2.75, 3.05) is 64.4 Å². The van der Waals surface area contributed by atoms with Gasteiger partial charge in [-0.3, -0.25) is 9.55 Å². The van der Waals surface area contributed by atoms with Gasteiger partial charge in [-0.25, -0.2) is 9.78 Å². The van der Waals surface area contributed by atoms with Crippen LogP contribution in [0.3, 0.4) is 0 Å². The molecule has 9 heteroatoms. The number of hydroxylamine groups is 3. The molecule has 3 rings (SSSR count). The molecule has 2 aromatic rings. The van der Waals surface area contributed by atoms with Crippen LogP contribution in [0.5, 0.6) is 17.4 Å². The number of urea groups is 1. The molecule has 1 aromatic carbocycles. The molecule has 180 valence electrons. The average molecular weight is 459 g/mol. The molecular formula is C24H34N4O5. The quantitative estimate of drug-likeness (QED) is 0.461. The second kappa shape index (κ2) is 10.3. The summed E-state index contributed by atoms with van der Waals surface area (Å²) >= 11 is 0. The van der Waals surface area contributed by atoms with Gasteiger partial charge >= 0.3 is 6.03 Å². The smallest absolute Gasteiger partial charge is 0.423 e. The highest BCUT2D eigenvalue weighted by molar-refractivity contribution is 5.88. The molecule has 0 saturated carbocycles. The number of piperazine rings is 1. The van der Waals surface area contributed by atoms with E-state index in [0.29, 0.717) is 36.2 Å². The lowest BCUT2D eigenvalue weighted by atomic mass is 10.1. The molecule has 2 amide bonds. The highest BCUT2D eigenvalue weighted by Gasteiger charge is 2.37. The summed E-state index contributed by atoms with van der Waals surface area (Å²) in [5.41, 5.74) is 3.31. The Labute approximate surface area is 195 Å². The number of pyridine rings is 1. The monoisotopic (exact) mass is 458 g/mol. The van der Waals surface area contributed by atoms with Crippen LogP contribution in [0.25, 0.3) is 0 Å². The van der Waals surface area contributed by atoms with E-state index in [2.05, 4.69) is 16.8 Å². The van der Waals surface area contributed by atoms with Gasteiger partial charge in [-0.05, 0) is 25.0 Å². The lowest BCUT2D eigenvalue weighted by molar-refractivity contribution is -0.798. The fourth-order valence-electron chi connectivity index (χ4n) is 4.09. The first-order valence-electron chi connectivity index (χ1n) is 11.1. The predicted octanol–water partition coefficient (Wildman–Crippen LogP) is 3.76. The number of amides is 2. The summed E-state index contributed by atoms with van der Waals surface area (Å²) < 4.78 is 15.2. The molecule has 0 aliphatic carbocycles. The van der Waals surface area contributed by atoms with Crippen LogP contribution < -0.4 is 24.0 Å². The van der Waals surface area contributed by atoms with E-state index >= 15 is 0 Å². The maximum Gasteiger partial charge on any atom is 0.423 e. The Kier molecular flexibility index (Phi) is 7.65. The molecule has 1 aromatic heterocycles. The maximum absolute atomic E-state index is 13.5. The van der Waals surface area contributed by atoms with Crippen molar-refractivity contribution in [3.05, 3.63) is 40.7 Å². The number of aromatic nitrogens is 1. The van der Waals surface area contributed by atoms with Crippen LogP contribution in [0.15, 0.2) is 24.3 Å². The summed E-state index contributed by atoms with van der Waals surface area (Å²) in [7, 11) is 6.33. The Hall–Kier alpha value is -3.04. The molecule has 0 radical (unpaired) electrons. The second-order valence-corrected chi connectivity index (χ2v) is 8.27. The first-order chi connectivity index (χ1) is 15.8. The molecule has 0 N–H and O–H groups in total. The number of carbonyl (C=O) groups excluding carboxylic acids is 1. The van der Waals surface area contributed by atoms with Gasteiger partial charge in [-0.15, -0.1) is 0 Å². The number of nitrogens with zero attached hydrogens (tertiary/aromatic N) is 4. The molecule has 1 saturated heterocycles. The average Bonchev–Trinajstić information content (AvgIpc) is 2.84. The molecular weight excluding hydrogens is 424 g/mol. The van der Waals surface area contributed by atoms with Crippen LogP contribution >= 0.6 is 0 Å². The topological polar surface area (TPSA) is 87.2 Å². The van der Waals surface area contributed by atoms with E-state index < -0.39 is 10.7 Å². The van der Waals surface area contributed by atoms with Gasteiger partial charge in [0.15, 0.2) is 0 Å². The highest BCUT2D eigenvalue weighted by atomic mass is 16.6. The number of rotatable bonds is 7. The van der Waals surface area contributed by atoms with Crippen molar-refractivity contribution in [1.82, 2.24) is 4.98 Å². The minimum absolute atomic E-state index is 0.130. The lowest BCUT2D eigenvalue weighted by Gasteiger charge is -2.47. The van der Waals surface area contributed by atoms with Crippen molar-refractivity contribution in [2.45, 2.75) is 26.7 Å². The molecule has 9 nitrogen and oxygen atoms in total. The van der Waals surface area contributed by atoms with Crippen LogP contribution in [0, 0.1) is 12.1 Å². The van der Waals surface area contributed by atoms with Gasteiger partial charge in [0.1, 0.15) is 30.3 Å². The van der Waals surface area contributed by atoms with Crippen LogP contribution in [0.1, 0.15) is 24.6 Å². The Balaban J connectivity index is 1.77. The predicted molar refractivity (Wildman–Crippen MR) is 128 cm³/mol. The molecule has 0 unspecified atom stereocenters. The first-order valence-corrected chi connectivity index (χ1v) is 11.1. The number of carbonyl (C=O) groups is 1. The number of ether oxygens (including phenoxy) is 3. The number of methoxy groups -OCH3 is 3. The van der Waals surface area contributed by atoms with Crippen LogP contribution in [-0.4, -0.2) is 70.2 Å². The van der Waals surface area contributed by atoms with Gasteiger partial charge < -0.3 is 24.3 Å².